The monoisotopic (exact) mass is 347 g/mol. The van der Waals surface area contributed by atoms with Gasteiger partial charge in [-0.1, -0.05) is 6.08 Å². The van der Waals surface area contributed by atoms with Crippen LogP contribution in [-0.4, -0.2) is 59.1 Å². The van der Waals surface area contributed by atoms with E-state index in [1.165, 1.54) is 18.8 Å². The molecule has 0 N–H and O–H groups in total. The first-order valence-electron chi connectivity index (χ1n) is 7.89. The van der Waals surface area contributed by atoms with Crippen LogP contribution in [0.1, 0.15) is 32.1 Å². The zero-order valence-electron chi connectivity index (χ0n) is 13.0. The summed E-state index contributed by atoms with van der Waals surface area (Å²) < 4.78 is 38.8. The third-order valence-electron chi connectivity index (χ3n) is 4.51. The molecule has 3 rings (SSSR count). The Morgan fingerprint density at radius 2 is 2.00 bits per heavy atom. The Balaban J connectivity index is 1.60. The third-order valence-corrected chi connectivity index (χ3v) is 5.84. The maximum absolute atomic E-state index is 12.9. The molecule has 3 heterocycles. The molecule has 0 aromatic rings. The van der Waals surface area contributed by atoms with Crippen LogP contribution in [0.5, 0.6) is 0 Å². The highest BCUT2D eigenvalue weighted by Crippen LogP contribution is 2.40. The predicted molar refractivity (Wildman–Crippen MR) is 84.2 cm³/mol. The Morgan fingerprint density at radius 3 is 2.61 bits per heavy atom. The fourth-order valence-electron chi connectivity index (χ4n) is 3.21. The summed E-state index contributed by atoms with van der Waals surface area (Å²) in [7, 11) is 1.35. The summed E-state index contributed by atoms with van der Waals surface area (Å²) in [5.74, 6) is 0.111. The van der Waals surface area contributed by atoms with Crippen LogP contribution in [0.4, 0.5) is 13.2 Å². The molecule has 0 aliphatic carbocycles. The number of carbonyl (C=O) groups is 1. The summed E-state index contributed by atoms with van der Waals surface area (Å²) in [6.07, 6.45) is 1.25. The average Bonchev–Trinajstić information content (AvgIpc) is 3.13. The van der Waals surface area contributed by atoms with Crippen LogP contribution >= 0.6 is 11.8 Å². The van der Waals surface area contributed by atoms with Crippen molar-refractivity contribution in [3.63, 3.8) is 0 Å². The maximum atomic E-state index is 12.9. The van der Waals surface area contributed by atoms with Crippen LogP contribution in [0.25, 0.3) is 0 Å². The molecule has 8 heteroatoms. The molecule has 4 nitrogen and oxygen atoms in total. The molecule has 0 saturated carbocycles. The van der Waals surface area contributed by atoms with E-state index in [1.54, 1.807) is 0 Å². The summed E-state index contributed by atoms with van der Waals surface area (Å²) in [4.78, 5) is 15.1. The van der Waals surface area contributed by atoms with Crippen molar-refractivity contribution in [2.75, 3.05) is 20.1 Å². The van der Waals surface area contributed by atoms with Crippen LogP contribution < -0.4 is 0 Å². The number of thioether (sulfide) groups is 1. The summed E-state index contributed by atoms with van der Waals surface area (Å²) in [5, 5.41) is 4.82. The van der Waals surface area contributed by atoms with Crippen molar-refractivity contribution >= 4 is 23.4 Å². The zero-order valence-corrected chi connectivity index (χ0v) is 13.8. The normalized spacial score (nSPS) is 28.9. The predicted octanol–water partition coefficient (Wildman–Crippen LogP) is 3.01. The average molecular weight is 347 g/mol. The second-order valence-corrected chi connectivity index (χ2v) is 7.42. The first-order chi connectivity index (χ1) is 10.9. The number of rotatable bonds is 2. The van der Waals surface area contributed by atoms with Gasteiger partial charge in [0.15, 0.2) is 0 Å². The number of amides is 1. The smallest absolute Gasteiger partial charge is 0.342 e. The minimum absolute atomic E-state index is 0.111. The molecule has 0 spiro atoms. The summed E-state index contributed by atoms with van der Waals surface area (Å²) in [6.45, 7) is 1.59. The van der Waals surface area contributed by atoms with Crippen LogP contribution in [0.3, 0.4) is 0 Å². The highest BCUT2D eigenvalue weighted by molar-refractivity contribution is 8.05. The zero-order chi connectivity index (χ0) is 16.6. The van der Waals surface area contributed by atoms with Gasteiger partial charge < -0.3 is 4.90 Å². The quantitative estimate of drug-likeness (QED) is 0.770. The van der Waals surface area contributed by atoms with Crippen molar-refractivity contribution in [3.05, 3.63) is 11.0 Å². The minimum atomic E-state index is -4.28. The van der Waals surface area contributed by atoms with Gasteiger partial charge in [-0.15, -0.1) is 11.8 Å². The van der Waals surface area contributed by atoms with Gasteiger partial charge in [-0.05, 0) is 25.7 Å². The molecule has 3 aliphatic heterocycles. The largest absolute Gasteiger partial charge is 0.410 e. The van der Waals surface area contributed by atoms with Crippen molar-refractivity contribution in [1.29, 1.82) is 0 Å². The number of allylic oxidation sites excluding steroid dienone is 2. The lowest BCUT2D eigenvalue weighted by molar-refractivity contribution is -0.174. The van der Waals surface area contributed by atoms with Crippen LogP contribution in [-0.2, 0) is 4.79 Å². The topological polar surface area (TPSA) is 35.9 Å². The van der Waals surface area contributed by atoms with Gasteiger partial charge in [-0.2, -0.15) is 18.3 Å². The van der Waals surface area contributed by atoms with E-state index in [0.717, 1.165) is 42.3 Å². The van der Waals surface area contributed by atoms with Crippen molar-refractivity contribution in [2.24, 2.45) is 5.10 Å². The van der Waals surface area contributed by atoms with Gasteiger partial charge in [0, 0.05) is 31.5 Å². The lowest BCUT2D eigenvalue weighted by Crippen LogP contribution is -2.40. The van der Waals surface area contributed by atoms with E-state index < -0.39 is 12.2 Å². The Morgan fingerprint density at radius 1 is 1.30 bits per heavy atom. The molecule has 2 unspecified atom stereocenters. The molecule has 1 saturated heterocycles. The lowest BCUT2D eigenvalue weighted by atomic mass is 10.1. The van der Waals surface area contributed by atoms with E-state index >= 15 is 0 Å². The number of hydrogen-bond donors (Lipinski definition) is 0. The number of nitrogens with zero attached hydrogens (tertiary/aromatic N) is 3. The molecule has 0 bridgehead atoms. The molecule has 0 radical (unpaired) electrons. The number of piperidine rings is 1. The molecule has 128 valence electrons. The minimum Gasteiger partial charge on any atom is -0.342 e. The second-order valence-electron chi connectivity index (χ2n) is 6.18. The first-order valence-corrected chi connectivity index (χ1v) is 8.77. The highest BCUT2D eigenvalue weighted by atomic mass is 32.2. The van der Waals surface area contributed by atoms with E-state index in [-0.39, 0.29) is 17.6 Å². The van der Waals surface area contributed by atoms with Gasteiger partial charge >= 0.3 is 6.18 Å². The first kappa shape index (κ1) is 16.7. The van der Waals surface area contributed by atoms with E-state index in [4.69, 9.17) is 0 Å². The Bertz CT molecular complexity index is 541. The molecule has 1 amide bonds. The van der Waals surface area contributed by atoms with E-state index in [1.807, 2.05) is 11.0 Å². The molecule has 0 aromatic carbocycles. The number of likely N-dealkylation sites (tertiary alicyclic amines) is 1. The van der Waals surface area contributed by atoms with Gasteiger partial charge in [0.2, 0.25) is 5.91 Å². The van der Waals surface area contributed by atoms with Crippen LogP contribution in [0.2, 0.25) is 0 Å². The van der Waals surface area contributed by atoms with Gasteiger partial charge in [0.25, 0.3) is 0 Å². The van der Waals surface area contributed by atoms with Crippen LogP contribution in [0.15, 0.2) is 16.1 Å². The van der Waals surface area contributed by atoms with Crippen molar-refractivity contribution in [3.8, 4) is 0 Å². The third kappa shape index (κ3) is 3.51. The summed E-state index contributed by atoms with van der Waals surface area (Å²) in [5.41, 5.74) is 0.453. The Kier molecular flexibility index (Phi) is 4.62. The van der Waals surface area contributed by atoms with Crippen LogP contribution in [0, 0.1) is 0 Å². The molecule has 3 aliphatic rings. The van der Waals surface area contributed by atoms with E-state index in [0.29, 0.717) is 12.1 Å². The number of hydrogen-bond acceptors (Lipinski definition) is 4. The second kappa shape index (κ2) is 6.37. The lowest BCUT2D eigenvalue weighted by Gasteiger charge is -2.28. The van der Waals surface area contributed by atoms with E-state index in [2.05, 4.69) is 5.10 Å². The van der Waals surface area contributed by atoms with Crippen molar-refractivity contribution in [2.45, 2.75) is 49.6 Å². The number of halogens is 3. The maximum Gasteiger partial charge on any atom is 0.410 e. The van der Waals surface area contributed by atoms with Gasteiger partial charge in [-0.3, -0.25) is 9.80 Å². The SMILES string of the molecule is CN1N=C(C2=CCC(C(=O)N3CCCCC3)S2)CC1C(F)(F)F. The number of alkyl halides is 3. The van der Waals surface area contributed by atoms with Gasteiger partial charge in [-0.25, -0.2) is 0 Å². The molecular formula is C15H20F3N3OS. The molecule has 0 aromatic heterocycles. The molecule has 23 heavy (non-hydrogen) atoms. The standard InChI is InChI=1S/C15H20F3N3OS/c1-20-13(15(16,17)18)9-10(19-20)11-5-6-12(23-11)14(22)21-7-3-2-4-8-21/h5,12-13H,2-4,6-9H2,1H3. The molecular weight excluding hydrogens is 327 g/mol. The fraction of sp³-hybridized carbons (Fsp3) is 0.733. The van der Waals surface area contributed by atoms with Crippen molar-refractivity contribution in [1.82, 2.24) is 9.91 Å². The number of carbonyl (C=O) groups excluding carboxylic acids is 1. The molecule has 2 atom stereocenters. The number of hydrazone groups is 1. The Labute approximate surface area is 137 Å². The molecule has 1 fully saturated rings. The van der Waals surface area contributed by atoms with Crippen molar-refractivity contribution < 1.29 is 18.0 Å². The van der Waals surface area contributed by atoms with Gasteiger partial charge in [0.05, 0.1) is 11.0 Å². The highest BCUT2D eigenvalue weighted by Gasteiger charge is 2.47. The van der Waals surface area contributed by atoms with Gasteiger partial charge in [0.1, 0.15) is 6.04 Å². The summed E-state index contributed by atoms with van der Waals surface area (Å²) >= 11 is 1.37. The fourth-order valence-corrected chi connectivity index (χ4v) is 4.41. The summed E-state index contributed by atoms with van der Waals surface area (Å²) in [6, 6.07) is -1.56. The Hall–Kier alpha value is -1.18. The van der Waals surface area contributed by atoms with E-state index in [9.17, 15) is 18.0 Å².